The van der Waals surface area contributed by atoms with Crippen LogP contribution in [0.25, 0.3) is 0 Å². The number of amides is 2. The van der Waals surface area contributed by atoms with E-state index in [9.17, 15) is 14.0 Å². The molecule has 0 aliphatic heterocycles. The highest BCUT2D eigenvalue weighted by Gasteiger charge is 2.30. The topological polar surface area (TPSA) is 49.4 Å². The van der Waals surface area contributed by atoms with Crippen molar-refractivity contribution in [2.45, 2.75) is 38.8 Å². The van der Waals surface area contributed by atoms with Gasteiger partial charge < -0.3 is 10.2 Å². The molecule has 0 radical (unpaired) electrons. The quantitative estimate of drug-likeness (QED) is 0.402. The third kappa shape index (κ3) is 7.26. The maximum Gasteiger partial charge on any atom is 0.243 e. The number of rotatable bonds is 10. The zero-order valence-electron chi connectivity index (χ0n) is 18.6. The first kappa shape index (κ1) is 24.6. The minimum atomic E-state index is -0.725. The van der Waals surface area contributed by atoms with Crippen LogP contribution in [-0.4, -0.2) is 29.3 Å². The molecule has 0 bridgehead atoms. The van der Waals surface area contributed by atoms with Crippen molar-refractivity contribution in [1.29, 1.82) is 0 Å². The normalized spacial score (nSPS) is 11.6. The summed E-state index contributed by atoms with van der Waals surface area (Å²) in [5.74, 6) is -0.937. The van der Waals surface area contributed by atoms with E-state index >= 15 is 0 Å². The first-order valence-electron chi connectivity index (χ1n) is 11.1. The van der Waals surface area contributed by atoms with Crippen molar-refractivity contribution in [3.63, 3.8) is 0 Å². The van der Waals surface area contributed by atoms with Crippen molar-refractivity contribution in [3.8, 4) is 0 Å². The van der Waals surface area contributed by atoms with E-state index in [0.29, 0.717) is 18.5 Å². The number of hydrogen-bond acceptors (Lipinski definition) is 2. The van der Waals surface area contributed by atoms with Crippen LogP contribution in [0.3, 0.4) is 0 Å². The van der Waals surface area contributed by atoms with Gasteiger partial charge in [0.2, 0.25) is 11.8 Å². The molecule has 3 aromatic rings. The zero-order chi connectivity index (χ0) is 23.6. The van der Waals surface area contributed by atoms with Crippen LogP contribution in [0.2, 0.25) is 0 Å². The Morgan fingerprint density at radius 3 is 2.36 bits per heavy atom. The molecule has 33 heavy (non-hydrogen) atoms. The summed E-state index contributed by atoms with van der Waals surface area (Å²) in [6.45, 7) is 2.75. The SMILES string of the molecule is CCCNC(=O)[C@H](Cc1ccccc1)N(Cc1cccc(Br)c1)C(=O)Cc1ccccc1F. The Kier molecular flexibility index (Phi) is 9.19. The largest absolute Gasteiger partial charge is 0.354 e. The van der Waals surface area contributed by atoms with Crippen LogP contribution in [-0.2, 0) is 29.0 Å². The zero-order valence-corrected chi connectivity index (χ0v) is 20.2. The number of halogens is 2. The van der Waals surface area contributed by atoms with Gasteiger partial charge in [0.25, 0.3) is 0 Å². The molecular weight excluding hydrogens is 483 g/mol. The summed E-state index contributed by atoms with van der Waals surface area (Å²) < 4.78 is 15.2. The van der Waals surface area contributed by atoms with E-state index in [4.69, 9.17) is 0 Å². The standard InChI is InChI=1S/C27H28BrFN2O2/c1-2-15-30-27(33)25(17-20-9-4-3-5-10-20)31(19-21-11-8-13-23(28)16-21)26(32)18-22-12-6-7-14-24(22)29/h3-14,16,25H,2,15,17-19H2,1H3,(H,30,33)/t25-/m0/s1. The van der Waals surface area contributed by atoms with Crippen LogP contribution in [0.4, 0.5) is 4.39 Å². The van der Waals surface area contributed by atoms with E-state index in [0.717, 1.165) is 22.0 Å². The van der Waals surface area contributed by atoms with Crippen LogP contribution in [0.1, 0.15) is 30.0 Å². The lowest BCUT2D eigenvalue weighted by Gasteiger charge is -2.32. The van der Waals surface area contributed by atoms with Gasteiger partial charge in [-0.15, -0.1) is 0 Å². The Morgan fingerprint density at radius 2 is 1.67 bits per heavy atom. The van der Waals surface area contributed by atoms with Crippen molar-refractivity contribution >= 4 is 27.7 Å². The molecule has 2 amide bonds. The summed E-state index contributed by atoms with van der Waals surface area (Å²) >= 11 is 3.47. The van der Waals surface area contributed by atoms with E-state index in [1.165, 1.54) is 6.07 Å². The van der Waals surface area contributed by atoms with Gasteiger partial charge in [0.05, 0.1) is 6.42 Å². The van der Waals surface area contributed by atoms with Crippen molar-refractivity contribution in [1.82, 2.24) is 10.2 Å². The molecule has 0 fully saturated rings. The first-order valence-corrected chi connectivity index (χ1v) is 11.9. The van der Waals surface area contributed by atoms with E-state index in [1.54, 1.807) is 23.1 Å². The van der Waals surface area contributed by atoms with Gasteiger partial charge in [-0.3, -0.25) is 9.59 Å². The highest BCUT2D eigenvalue weighted by molar-refractivity contribution is 9.10. The third-order valence-corrected chi connectivity index (χ3v) is 5.86. The van der Waals surface area contributed by atoms with E-state index in [2.05, 4.69) is 21.2 Å². The lowest BCUT2D eigenvalue weighted by molar-refractivity contribution is -0.140. The average Bonchev–Trinajstić information content (AvgIpc) is 2.82. The van der Waals surface area contributed by atoms with Gasteiger partial charge in [0, 0.05) is 24.0 Å². The monoisotopic (exact) mass is 510 g/mol. The van der Waals surface area contributed by atoms with Crippen LogP contribution in [0.5, 0.6) is 0 Å². The maximum atomic E-state index is 14.3. The molecule has 0 saturated carbocycles. The van der Waals surface area contributed by atoms with Gasteiger partial charge in [0.15, 0.2) is 0 Å². The number of nitrogens with zero attached hydrogens (tertiary/aromatic N) is 1. The Balaban J connectivity index is 1.96. The molecule has 0 aromatic heterocycles. The van der Waals surface area contributed by atoms with Gasteiger partial charge in [-0.1, -0.05) is 83.5 Å². The summed E-state index contributed by atoms with van der Waals surface area (Å²) in [4.78, 5) is 28.3. The van der Waals surface area contributed by atoms with Crippen LogP contribution < -0.4 is 5.32 Å². The molecular formula is C27H28BrFN2O2. The molecule has 0 aliphatic rings. The third-order valence-electron chi connectivity index (χ3n) is 5.36. The maximum absolute atomic E-state index is 14.3. The molecule has 1 N–H and O–H groups in total. The minimum Gasteiger partial charge on any atom is -0.354 e. The Labute approximate surface area is 202 Å². The summed E-state index contributed by atoms with van der Waals surface area (Å²) in [7, 11) is 0. The molecule has 0 aliphatic carbocycles. The number of benzene rings is 3. The summed E-state index contributed by atoms with van der Waals surface area (Å²) in [6, 6.07) is 22.8. The molecule has 3 rings (SSSR count). The highest BCUT2D eigenvalue weighted by atomic mass is 79.9. The number of nitrogens with one attached hydrogen (secondary N) is 1. The fourth-order valence-electron chi connectivity index (χ4n) is 3.66. The number of carbonyl (C=O) groups is 2. The number of carbonyl (C=O) groups excluding carboxylic acids is 2. The Morgan fingerprint density at radius 1 is 0.970 bits per heavy atom. The van der Waals surface area contributed by atoms with E-state index < -0.39 is 11.9 Å². The lowest BCUT2D eigenvalue weighted by Crippen LogP contribution is -2.51. The second-order valence-electron chi connectivity index (χ2n) is 7.92. The molecule has 0 spiro atoms. The molecule has 1 atom stereocenters. The van der Waals surface area contributed by atoms with Gasteiger partial charge in [-0.05, 0) is 41.3 Å². The van der Waals surface area contributed by atoms with Crippen LogP contribution in [0, 0.1) is 5.82 Å². The second kappa shape index (κ2) is 12.3. The van der Waals surface area contributed by atoms with Crippen LogP contribution >= 0.6 is 15.9 Å². The molecule has 6 heteroatoms. The molecule has 0 saturated heterocycles. The molecule has 4 nitrogen and oxygen atoms in total. The number of hydrogen-bond donors (Lipinski definition) is 1. The van der Waals surface area contributed by atoms with Gasteiger partial charge >= 0.3 is 0 Å². The smallest absolute Gasteiger partial charge is 0.243 e. The highest BCUT2D eigenvalue weighted by Crippen LogP contribution is 2.19. The van der Waals surface area contributed by atoms with Gasteiger partial charge in [-0.25, -0.2) is 4.39 Å². The van der Waals surface area contributed by atoms with Gasteiger partial charge in [0.1, 0.15) is 11.9 Å². The summed E-state index contributed by atoms with van der Waals surface area (Å²) in [5, 5.41) is 2.94. The average molecular weight is 511 g/mol. The lowest BCUT2D eigenvalue weighted by atomic mass is 10.0. The first-order chi connectivity index (χ1) is 16.0. The van der Waals surface area contributed by atoms with E-state index in [-0.39, 0.29) is 24.8 Å². The van der Waals surface area contributed by atoms with Crippen molar-refractivity contribution in [2.75, 3.05) is 6.54 Å². The fourth-order valence-corrected chi connectivity index (χ4v) is 4.10. The minimum absolute atomic E-state index is 0.118. The summed E-state index contributed by atoms with van der Waals surface area (Å²) in [6.07, 6.45) is 1.04. The van der Waals surface area contributed by atoms with E-state index in [1.807, 2.05) is 61.5 Å². The Hall–Kier alpha value is -2.99. The van der Waals surface area contributed by atoms with Crippen LogP contribution in [0.15, 0.2) is 83.3 Å². The van der Waals surface area contributed by atoms with Crippen molar-refractivity contribution < 1.29 is 14.0 Å². The van der Waals surface area contributed by atoms with Gasteiger partial charge in [-0.2, -0.15) is 0 Å². The fraction of sp³-hybridized carbons (Fsp3) is 0.259. The van der Waals surface area contributed by atoms with Crippen molar-refractivity contribution in [2.24, 2.45) is 0 Å². The molecule has 0 unspecified atom stereocenters. The molecule has 3 aromatic carbocycles. The second-order valence-corrected chi connectivity index (χ2v) is 8.83. The van der Waals surface area contributed by atoms with Crippen molar-refractivity contribution in [3.05, 3.63) is 106 Å². The molecule has 172 valence electrons. The predicted molar refractivity (Wildman–Crippen MR) is 132 cm³/mol. The predicted octanol–water partition coefficient (Wildman–Crippen LogP) is 5.30. The molecule has 0 heterocycles. The summed E-state index contributed by atoms with van der Waals surface area (Å²) in [5.41, 5.74) is 2.15. The Bertz CT molecular complexity index is 1070.